The molecule has 1 amide bonds. The van der Waals surface area contributed by atoms with Crippen molar-refractivity contribution >= 4 is 34.7 Å². The molecule has 6 nitrogen and oxygen atoms in total. The minimum Gasteiger partial charge on any atom is -0.326 e. The zero-order valence-corrected chi connectivity index (χ0v) is 18.5. The molecule has 1 aliphatic carbocycles. The SMILES string of the molecule is Cc1ccc(NC(=O)Cc2nc(CSc3nnc(C(C)C)n3C3CC3)cs2)cc1. The Labute approximate surface area is 179 Å². The van der Waals surface area contributed by atoms with E-state index in [1.54, 1.807) is 11.8 Å². The first kappa shape index (κ1) is 20.1. The molecule has 1 saturated carbocycles. The number of rotatable bonds is 8. The highest BCUT2D eigenvalue weighted by atomic mass is 32.2. The molecule has 29 heavy (non-hydrogen) atoms. The van der Waals surface area contributed by atoms with Crippen LogP contribution in [0.1, 0.15) is 60.7 Å². The van der Waals surface area contributed by atoms with Crippen molar-refractivity contribution in [1.29, 1.82) is 0 Å². The van der Waals surface area contributed by atoms with Gasteiger partial charge in [-0.2, -0.15) is 0 Å². The van der Waals surface area contributed by atoms with Gasteiger partial charge < -0.3 is 9.88 Å². The molecule has 2 aromatic heterocycles. The number of carbonyl (C=O) groups excluding carboxylic acids is 1. The molecule has 0 unspecified atom stereocenters. The Kier molecular flexibility index (Phi) is 6.01. The van der Waals surface area contributed by atoms with E-state index in [4.69, 9.17) is 0 Å². The Morgan fingerprint density at radius 1 is 1.28 bits per heavy atom. The van der Waals surface area contributed by atoms with Gasteiger partial charge in [0.15, 0.2) is 5.16 Å². The second-order valence-corrected chi connectivity index (χ2v) is 9.59. The highest BCUT2D eigenvalue weighted by Gasteiger charge is 2.30. The predicted octanol–water partition coefficient (Wildman–Crippen LogP) is 4.97. The normalized spacial score (nSPS) is 13.8. The summed E-state index contributed by atoms with van der Waals surface area (Å²) in [6.07, 6.45) is 2.71. The number of nitrogens with zero attached hydrogens (tertiary/aromatic N) is 4. The molecule has 152 valence electrons. The number of aryl methyl sites for hydroxylation is 1. The van der Waals surface area contributed by atoms with Crippen molar-refractivity contribution in [2.75, 3.05) is 5.32 Å². The van der Waals surface area contributed by atoms with Crippen LogP contribution in [0.15, 0.2) is 34.8 Å². The molecule has 2 heterocycles. The van der Waals surface area contributed by atoms with Crippen LogP contribution in [0, 0.1) is 6.92 Å². The number of anilines is 1. The number of hydrogen-bond donors (Lipinski definition) is 1. The summed E-state index contributed by atoms with van der Waals surface area (Å²) < 4.78 is 2.30. The van der Waals surface area contributed by atoms with Crippen molar-refractivity contribution in [1.82, 2.24) is 19.7 Å². The van der Waals surface area contributed by atoms with Gasteiger partial charge >= 0.3 is 0 Å². The number of thiazole rings is 1. The molecular weight excluding hydrogens is 402 g/mol. The predicted molar refractivity (Wildman–Crippen MR) is 118 cm³/mol. The summed E-state index contributed by atoms with van der Waals surface area (Å²) >= 11 is 3.21. The molecule has 0 spiro atoms. The van der Waals surface area contributed by atoms with Crippen molar-refractivity contribution in [3.05, 3.63) is 51.7 Å². The first-order valence-corrected chi connectivity index (χ1v) is 11.7. The summed E-state index contributed by atoms with van der Waals surface area (Å²) in [5.41, 5.74) is 2.96. The topological polar surface area (TPSA) is 72.7 Å². The molecule has 3 aromatic rings. The Morgan fingerprint density at radius 3 is 2.72 bits per heavy atom. The van der Waals surface area contributed by atoms with Crippen molar-refractivity contribution in [3.8, 4) is 0 Å². The minimum atomic E-state index is -0.0440. The molecule has 1 N–H and O–H groups in total. The minimum absolute atomic E-state index is 0.0440. The maximum absolute atomic E-state index is 12.3. The van der Waals surface area contributed by atoms with Crippen LogP contribution in [-0.2, 0) is 17.0 Å². The number of amides is 1. The highest BCUT2D eigenvalue weighted by Crippen LogP contribution is 2.40. The lowest BCUT2D eigenvalue weighted by Gasteiger charge is -2.10. The first-order valence-electron chi connectivity index (χ1n) is 9.87. The third kappa shape index (κ3) is 5.05. The number of thioether (sulfide) groups is 1. The Morgan fingerprint density at radius 2 is 2.03 bits per heavy atom. The van der Waals surface area contributed by atoms with E-state index in [1.807, 2.05) is 36.6 Å². The summed E-state index contributed by atoms with van der Waals surface area (Å²) in [7, 11) is 0. The smallest absolute Gasteiger partial charge is 0.231 e. The summed E-state index contributed by atoms with van der Waals surface area (Å²) in [5.74, 6) is 2.13. The van der Waals surface area contributed by atoms with Crippen LogP contribution in [0.2, 0.25) is 0 Å². The van der Waals surface area contributed by atoms with Gasteiger partial charge in [0.25, 0.3) is 0 Å². The van der Waals surface area contributed by atoms with Crippen LogP contribution in [0.25, 0.3) is 0 Å². The lowest BCUT2D eigenvalue weighted by Crippen LogP contribution is -2.14. The lowest BCUT2D eigenvalue weighted by molar-refractivity contribution is -0.115. The Bertz CT molecular complexity index is 989. The average molecular weight is 428 g/mol. The van der Waals surface area contributed by atoms with E-state index in [0.29, 0.717) is 18.4 Å². The van der Waals surface area contributed by atoms with Crippen LogP contribution in [-0.4, -0.2) is 25.7 Å². The number of benzene rings is 1. The second kappa shape index (κ2) is 8.67. The third-order valence-electron chi connectivity index (χ3n) is 4.71. The Hall–Kier alpha value is -2.19. The van der Waals surface area contributed by atoms with Gasteiger partial charge in [0.05, 0.1) is 12.1 Å². The average Bonchev–Trinajstić information content (AvgIpc) is 3.27. The third-order valence-corrected chi connectivity index (χ3v) is 6.59. The second-order valence-electron chi connectivity index (χ2n) is 7.71. The van der Waals surface area contributed by atoms with Gasteiger partial charge in [-0.05, 0) is 31.9 Å². The number of aromatic nitrogens is 4. The summed E-state index contributed by atoms with van der Waals surface area (Å²) in [6, 6.07) is 8.36. The van der Waals surface area contributed by atoms with Gasteiger partial charge in [-0.15, -0.1) is 21.5 Å². The van der Waals surface area contributed by atoms with Gasteiger partial charge in [0, 0.05) is 28.8 Å². The largest absolute Gasteiger partial charge is 0.326 e. The van der Waals surface area contributed by atoms with Crippen molar-refractivity contribution in [2.45, 2.75) is 62.9 Å². The summed E-state index contributed by atoms with van der Waals surface area (Å²) in [5, 5.41) is 15.6. The molecule has 1 fully saturated rings. The fourth-order valence-electron chi connectivity index (χ4n) is 3.07. The summed E-state index contributed by atoms with van der Waals surface area (Å²) in [4.78, 5) is 16.9. The molecule has 0 saturated heterocycles. The van der Waals surface area contributed by atoms with E-state index in [9.17, 15) is 4.79 Å². The zero-order chi connectivity index (χ0) is 20.4. The van der Waals surface area contributed by atoms with Crippen LogP contribution < -0.4 is 5.32 Å². The Balaban J connectivity index is 1.34. The number of nitrogens with one attached hydrogen (secondary N) is 1. The van der Waals surface area contributed by atoms with Crippen LogP contribution in [0.5, 0.6) is 0 Å². The van der Waals surface area contributed by atoms with Crippen LogP contribution in [0.3, 0.4) is 0 Å². The molecule has 4 rings (SSSR count). The van der Waals surface area contributed by atoms with Crippen molar-refractivity contribution in [2.24, 2.45) is 0 Å². The molecule has 0 aliphatic heterocycles. The molecule has 0 bridgehead atoms. The van der Waals surface area contributed by atoms with E-state index >= 15 is 0 Å². The maximum Gasteiger partial charge on any atom is 0.231 e. The number of hydrogen-bond acceptors (Lipinski definition) is 6. The molecule has 1 aliphatic rings. The van der Waals surface area contributed by atoms with Gasteiger partial charge in [0.1, 0.15) is 10.8 Å². The van der Waals surface area contributed by atoms with Crippen molar-refractivity contribution in [3.63, 3.8) is 0 Å². The van der Waals surface area contributed by atoms with Gasteiger partial charge in [0.2, 0.25) is 5.91 Å². The fourth-order valence-corrected chi connectivity index (χ4v) is 4.87. The zero-order valence-electron chi connectivity index (χ0n) is 16.9. The van der Waals surface area contributed by atoms with Gasteiger partial charge in [-0.1, -0.05) is 43.3 Å². The molecular formula is C21H25N5OS2. The quantitative estimate of drug-likeness (QED) is 0.514. The molecule has 0 atom stereocenters. The van der Waals surface area contributed by atoms with E-state index in [-0.39, 0.29) is 5.91 Å². The molecule has 0 radical (unpaired) electrons. The fraction of sp³-hybridized carbons (Fsp3) is 0.429. The van der Waals surface area contributed by atoms with E-state index in [1.165, 1.54) is 29.7 Å². The molecule has 1 aromatic carbocycles. The molecule has 8 heteroatoms. The van der Waals surface area contributed by atoms with Crippen molar-refractivity contribution < 1.29 is 4.79 Å². The van der Waals surface area contributed by atoms with E-state index in [2.05, 4.69) is 38.9 Å². The van der Waals surface area contributed by atoms with E-state index in [0.717, 1.165) is 33.1 Å². The van der Waals surface area contributed by atoms with E-state index < -0.39 is 0 Å². The van der Waals surface area contributed by atoms with Gasteiger partial charge in [-0.3, -0.25) is 4.79 Å². The highest BCUT2D eigenvalue weighted by molar-refractivity contribution is 7.98. The van der Waals surface area contributed by atoms with Crippen LogP contribution in [0.4, 0.5) is 5.69 Å². The standard InChI is InChI=1S/C21H25N5OS2/c1-13(2)20-24-25-21(26(20)17-8-9-17)29-12-16-11-28-19(23-16)10-18(27)22-15-6-4-14(3)5-7-15/h4-7,11,13,17H,8-10,12H2,1-3H3,(H,22,27). The van der Waals surface area contributed by atoms with Crippen LogP contribution >= 0.6 is 23.1 Å². The monoisotopic (exact) mass is 427 g/mol. The summed E-state index contributed by atoms with van der Waals surface area (Å²) in [6.45, 7) is 6.34. The number of carbonyl (C=O) groups is 1. The first-order chi connectivity index (χ1) is 14.0. The maximum atomic E-state index is 12.3. The van der Waals surface area contributed by atoms with Gasteiger partial charge in [-0.25, -0.2) is 4.98 Å². The lowest BCUT2D eigenvalue weighted by atomic mass is 10.2.